The molecule has 41 heavy (non-hydrogen) atoms. The van der Waals surface area contributed by atoms with Crippen LogP contribution in [0, 0.1) is 0 Å². The average molecular weight is 559 g/mol. The number of aromatic nitrogens is 1. The number of allylic oxidation sites excluding steroid dienone is 8. The maximum absolute atomic E-state index is 13.0. The van der Waals surface area contributed by atoms with Gasteiger partial charge in [-0.1, -0.05) is 79.0 Å². The molecule has 0 bridgehead atoms. The summed E-state index contributed by atoms with van der Waals surface area (Å²) in [6, 6.07) is 7.61. The van der Waals surface area contributed by atoms with Gasteiger partial charge in [0.05, 0.1) is 11.9 Å². The fourth-order valence-corrected chi connectivity index (χ4v) is 2.79. The molecule has 0 saturated heterocycles. The Labute approximate surface area is 246 Å². The van der Waals surface area contributed by atoms with Gasteiger partial charge >= 0.3 is 0 Å². The second kappa shape index (κ2) is 24.3. The number of hydrogen-bond donors (Lipinski definition) is 3. The van der Waals surface area contributed by atoms with Gasteiger partial charge in [0, 0.05) is 34.3 Å². The first-order valence-electron chi connectivity index (χ1n) is 13.8. The zero-order chi connectivity index (χ0) is 31.6. The van der Waals surface area contributed by atoms with E-state index < -0.39 is 17.7 Å². The Balaban J connectivity index is 0. The van der Waals surface area contributed by atoms with E-state index >= 15 is 0 Å². The molecule has 0 aliphatic rings. The molecule has 3 amide bonds. The molecule has 0 atom stereocenters. The van der Waals surface area contributed by atoms with Crippen molar-refractivity contribution in [2.45, 2.75) is 55.4 Å². The summed E-state index contributed by atoms with van der Waals surface area (Å²) in [5, 5.41) is 8.16. The minimum Gasteiger partial charge on any atom is -0.322 e. The van der Waals surface area contributed by atoms with Crippen LogP contribution in [0.2, 0.25) is 0 Å². The smallest absolute Gasteiger partial charge is 0.255 e. The molecule has 3 N–H and O–H groups in total. The zero-order valence-corrected chi connectivity index (χ0v) is 25.7. The van der Waals surface area contributed by atoms with Crippen molar-refractivity contribution in [2.75, 3.05) is 5.32 Å². The quantitative estimate of drug-likeness (QED) is 0.256. The average Bonchev–Trinajstić information content (AvgIpc) is 3.04. The summed E-state index contributed by atoms with van der Waals surface area (Å²) >= 11 is 0. The Kier molecular flexibility index (Phi) is 22.7. The van der Waals surface area contributed by atoms with Crippen molar-refractivity contribution < 1.29 is 14.4 Å². The molecule has 1 heterocycles. The monoisotopic (exact) mass is 558 g/mol. The summed E-state index contributed by atoms with van der Waals surface area (Å²) in [4.78, 5) is 42.8. The predicted molar refractivity (Wildman–Crippen MR) is 174 cm³/mol. The molecule has 220 valence electrons. The fraction of sp³-hybridized carbons (Fsp3) is 0.235. The summed E-state index contributed by atoms with van der Waals surface area (Å²) in [6.07, 6.45) is 16.5. The van der Waals surface area contributed by atoms with Crippen LogP contribution in [0.5, 0.6) is 0 Å². The fourth-order valence-electron chi connectivity index (χ4n) is 2.79. The standard InChI is InChI=1S/C28H28N4O3.3C2H6/c1-5-9-12-23(7-3)30-26(33)20-16-21(27(34)31-24(8-4)13-10-6-2)18-22(17-20)28(35)32-25-14-11-15-29-19-25;3*1-2/h5-19H,3-4H2,1-2H3,(H,30,33)(H,31,34)(H,32,35);3*1-2H3/b9-5-,10-6-,23-12+,24-13+;;;. The minimum atomic E-state index is -0.501. The number of pyridine rings is 1. The van der Waals surface area contributed by atoms with Crippen molar-refractivity contribution in [1.29, 1.82) is 0 Å². The van der Waals surface area contributed by atoms with E-state index in [9.17, 15) is 14.4 Å². The second-order valence-electron chi connectivity index (χ2n) is 7.11. The number of nitrogens with one attached hydrogen (secondary N) is 3. The Hall–Kier alpha value is -4.78. The van der Waals surface area contributed by atoms with E-state index in [1.807, 2.05) is 55.4 Å². The molecule has 0 fully saturated rings. The van der Waals surface area contributed by atoms with Crippen molar-refractivity contribution in [3.05, 3.63) is 133 Å². The van der Waals surface area contributed by atoms with Gasteiger partial charge in [-0.05, 0) is 68.5 Å². The van der Waals surface area contributed by atoms with E-state index in [2.05, 4.69) is 34.1 Å². The summed E-state index contributed by atoms with van der Waals surface area (Å²) in [6.45, 7) is 23.1. The SMILES string of the molecule is C=C/C(=C\C=C/C)NC(=O)c1cc(C(=O)N/C(C=C)=C/C=C\C)cc(C(=O)Nc2cccnc2)c1.CC.CC.CC. The van der Waals surface area contributed by atoms with Crippen LogP contribution in [0.15, 0.2) is 116 Å². The Bertz CT molecular complexity index is 1160. The molecule has 2 rings (SSSR count). The van der Waals surface area contributed by atoms with Crippen LogP contribution in [0.4, 0.5) is 5.69 Å². The van der Waals surface area contributed by atoms with E-state index in [1.165, 1.54) is 36.5 Å². The van der Waals surface area contributed by atoms with Crippen LogP contribution < -0.4 is 16.0 Å². The third-order valence-electron chi connectivity index (χ3n) is 4.53. The molecule has 2 aromatic rings. The molecule has 0 radical (unpaired) electrons. The van der Waals surface area contributed by atoms with Crippen LogP contribution in [-0.4, -0.2) is 22.7 Å². The molecule has 0 spiro atoms. The molecule has 0 aliphatic carbocycles. The molecule has 0 aliphatic heterocycles. The maximum Gasteiger partial charge on any atom is 0.255 e. The molecule has 7 heteroatoms. The first-order valence-corrected chi connectivity index (χ1v) is 13.8. The van der Waals surface area contributed by atoms with Gasteiger partial charge in [0.25, 0.3) is 17.7 Å². The number of nitrogens with zero attached hydrogens (tertiary/aromatic N) is 1. The van der Waals surface area contributed by atoms with Crippen molar-refractivity contribution in [2.24, 2.45) is 0 Å². The molecule has 1 aromatic carbocycles. The van der Waals surface area contributed by atoms with Gasteiger partial charge in [0.1, 0.15) is 0 Å². The van der Waals surface area contributed by atoms with E-state index in [1.54, 1.807) is 54.8 Å². The summed E-state index contributed by atoms with van der Waals surface area (Å²) in [7, 11) is 0. The Morgan fingerprint density at radius 2 is 1.12 bits per heavy atom. The van der Waals surface area contributed by atoms with Gasteiger partial charge in [-0.15, -0.1) is 0 Å². The summed E-state index contributed by atoms with van der Waals surface area (Å²) in [5.74, 6) is -1.50. The van der Waals surface area contributed by atoms with Crippen molar-refractivity contribution >= 4 is 23.4 Å². The van der Waals surface area contributed by atoms with Gasteiger partial charge < -0.3 is 16.0 Å². The normalized spacial score (nSPS) is 10.5. The van der Waals surface area contributed by atoms with Gasteiger partial charge in [-0.2, -0.15) is 0 Å². The largest absolute Gasteiger partial charge is 0.322 e. The summed E-state index contributed by atoms with van der Waals surface area (Å²) < 4.78 is 0. The number of carbonyl (C=O) groups excluding carboxylic acids is 3. The maximum atomic E-state index is 13.0. The first-order chi connectivity index (χ1) is 19.9. The van der Waals surface area contributed by atoms with E-state index in [-0.39, 0.29) is 16.7 Å². The number of anilines is 1. The Morgan fingerprint density at radius 1 is 0.707 bits per heavy atom. The first kappa shape index (κ1) is 38.4. The van der Waals surface area contributed by atoms with Gasteiger partial charge in [0.15, 0.2) is 0 Å². The molecule has 7 nitrogen and oxygen atoms in total. The molecule has 1 aromatic heterocycles. The minimum absolute atomic E-state index is 0.125. The number of hydrogen-bond acceptors (Lipinski definition) is 4. The van der Waals surface area contributed by atoms with Gasteiger partial charge in [-0.25, -0.2) is 0 Å². The third-order valence-corrected chi connectivity index (χ3v) is 4.53. The lowest BCUT2D eigenvalue weighted by atomic mass is 10.0. The van der Waals surface area contributed by atoms with Crippen LogP contribution in [0.1, 0.15) is 86.5 Å². The van der Waals surface area contributed by atoms with Crippen molar-refractivity contribution in [1.82, 2.24) is 15.6 Å². The number of amides is 3. The lowest BCUT2D eigenvalue weighted by Crippen LogP contribution is -2.26. The van der Waals surface area contributed by atoms with Crippen LogP contribution in [0.25, 0.3) is 0 Å². The third kappa shape index (κ3) is 14.8. The van der Waals surface area contributed by atoms with Crippen molar-refractivity contribution in [3.8, 4) is 0 Å². The molecule has 0 unspecified atom stereocenters. The summed E-state index contributed by atoms with van der Waals surface area (Å²) in [5.41, 5.74) is 1.78. The lowest BCUT2D eigenvalue weighted by Gasteiger charge is -2.12. The van der Waals surface area contributed by atoms with E-state index in [4.69, 9.17) is 0 Å². The topological polar surface area (TPSA) is 100 Å². The highest BCUT2D eigenvalue weighted by atomic mass is 16.2. The van der Waals surface area contributed by atoms with Crippen LogP contribution in [-0.2, 0) is 0 Å². The zero-order valence-electron chi connectivity index (χ0n) is 25.7. The van der Waals surface area contributed by atoms with Crippen molar-refractivity contribution in [3.63, 3.8) is 0 Å². The molecular weight excluding hydrogens is 512 g/mol. The number of benzene rings is 1. The van der Waals surface area contributed by atoms with E-state index in [0.29, 0.717) is 17.1 Å². The highest BCUT2D eigenvalue weighted by Crippen LogP contribution is 2.15. The number of carbonyl (C=O) groups is 3. The predicted octanol–water partition coefficient (Wildman–Crippen LogP) is 8.16. The van der Waals surface area contributed by atoms with Crippen LogP contribution >= 0.6 is 0 Å². The van der Waals surface area contributed by atoms with Gasteiger partial charge in [-0.3, -0.25) is 19.4 Å². The second-order valence-corrected chi connectivity index (χ2v) is 7.11. The van der Waals surface area contributed by atoms with E-state index in [0.717, 1.165) is 0 Å². The Morgan fingerprint density at radius 3 is 1.46 bits per heavy atom. The highest BCUT2D eigenvalue weighted by Gasteiger charge is 2.17. The molecule has 0 saturated carbocycles. The van der Waals surface area contributed by atoms with Crippen LogP contribution in [0.3, 0.4) is 0 Å². The highest BCUT2D eigenvalue weighted by molar-refractivity contribution is 6.09. The lowest BCUT2D eigenvalue weighted by molar-refractivity contribution is 0.0966. The number of rotatable bonds is 10. The molecular formula is C34H46N4O3. The van der Waals surface area contributed by atoms with Gasteiger partial charge in [0.2, 0.25) is 0 Å².